The van der Waals surface area contributed by atoms with Crippen LogP contribution in [0, 0.1) is 0 Å². The Morgan fingerprint density at radius 2 is 1.95 bits per heavy atom. The van der Waals surface area contributed by atoms with E-state index in [1.807, 2.05) is 12.1 Å². The monoisotopic (exact) mass is 297 g/mol. The maximum Gasteiger partial charge on any atom is 0.148 e. The number of sulfone groups is 1. The molecule has 20 heavy (non-hydrogen) atoms. The molecule has 1 aliphatic heterocycles. The predicted octanol–water partition coefficient (Wildman–Crippen LogP) is 1.92. The van der Waals surface area contributed by atoms with Gasteiger partial charge in [0.25, 0.3) is 0 Å². The van der Waals surface area contributed by atoms with Gasteiger partial charge in [-0.25, -0.2) is 8.42 Å². The predicted molar refractivity (Wildman–Crippen MR) is 81.1 cm³/mol. The van der Waals surface area contributed by atoms with E-state index in [1.54, 1.807) is 7.11 Å². The highest BCUT2D eigenvalue weighted by Gasteiger charge is 2.30. The molecule has 0 radical (unpaired) electrons. The molecule has 0 spiro atoms. The first-order chi connectivity index (χ1) is 9.39. The van der Waals surface area contributed by atoms with Crippen molar-refractivity contribution in [1.29, 1.82) is 0 Å². The molecule has 0 amide bonds. The fraction of sp³-hybridized carbons (Fsp3) is 0.600. The molecule has 1 aromatic rings. The zero-order valence-corrected chi connectivity index (χ0v) is 13.2. The fourth-order valence-corrected chi connectivity index (χ4v) is 3.38. The zero-order valence-electron chi connectivity index (χ0n) is 12.4. The van der Waals surface area contributed by atoms with Gasteiger partial charge in [-0.15, -0.1) is 0 Å². The van der Waals surface area contributed by atoms with Gasteiger partial charge in [0, 0.05) is 25.4 Å². The number of methoxy groups -OCH3 is 1. The third kappa shape index (κ3) is 3.96. The van der Waals surface area contributed by atoms with Crippen LogP contribution in [0.4, 0.5) is 0 Å². The summed E-state index contributed by atoms with van der Waals surface area (Å²) < 4.78 is 27.7. The second-order valence-electron chi connectivity index (χ2n) is 5.68. The van der Waals surface area contributed by atoms with Gasteiger partial charge in [-0.3, -0.25) is 4.90 Å². The summed E-state index contributed by atoms with van der Waals surface area (Å²) in [5, 5.41) is 0. The Labute approximate surface area is 121 Å². The lowest BCUT2D eigenvalue weighted by atomic mass is 9.97. The number of nitrogens with zero attached hydrogens (tertiary/aromatic N) is 1. The van der Waals surface area contributed by atoms with Crippen molar-refractivity contribution in [2.75, 3.05) is 32.2 Å². The third-order valence-corrected chi connectivity index (χ3v) is 4.96. The molecule has 0 unspecified atom stereocenters. The van der Waals surface area contributed by atoms with Crippen molar-refractivity contribution in [1.82, 2.24) is 4.90 Å². The van der Waals surface area contributed by atoms with Gasteiger partial charge in [-0.2, -0.15) is 0 Å². The second kappa shape index (κ2) is 6.14. The van der Waals surface area contributed by atoms with E-state index in [0.29, 0.717) is 18.5 Å². The molecule has 0 saturated carbocycles. The lowest BCUT2D eigenvalue weighted by Crippen LogP contribution is -2.32. The van der Waals surface area contributed by atoms with Gasteiger partial charge in [0.15, 0.2) is 0 Å². The van der Waals surface area contributed by atoms with Gasteiger partial charge in [0.1, 0.15) is 15.6 Å². The minimum atomic E-state index is -2.88. The summed E-state index contributed by atoms with van der Waals surface area (Å²) in [6.45, 7) is 3.74. The first-order valence-electron chi connectivity index (χ1n) is 6.95. The molecule has 1 aromatic carbocycles. The van der Waals surface area contributed by atoms with E-state index in [4.69, 9.17) is 4.74 Å². The largest absolute Gasteiger partial charge is 0.497 e. The normalized spacial score (nSPS) is 23.9. The molecule has 5 heteroatoms. The molecule has 2 rings (SSSR count). The summed E-state index contributed by atoms with van der Waals surface area (Å²) in [6, 6.07) is 8.62. The molecule has 0 aliphatic carbocycles. The standard InChI is InChI=1S/C15H23NO3S/c1-12-10-14(11-16(12)8-9-20(3,17)18)13-4-6-15(19-2)7-5-13/h4-7,12,14H,8-11H2,1-3H3/t12-,14+/m1/s1. The molecule has 0 aromatic heterocycles. The molecule has 1 aliphatic rings. The summed E-state index contributed by atoms with van der Waals surface area (Å²) >= 11 is 0. The number of likely N-dealkylation sites (tertiary alicyclic amines) is 1. The minimum absolute atomic E-state index is 0.243. The SMILES string of the molecule is COc1ccc([C@H]2C[C@@H](C)N(CCS(C)(=O)=O)C2)cc1. The minimum Gasteiger partial charge on any atom is -0.497 e. The van der Waals surface area contributed by atoms with Crippen molar-refractivity contribution in [2.45, 2.75) is 25.3 Å². The highest BCUT2D eigenvalue weighted by molar-refractivity contribution is 7.90. The van der Waals surface area contributed by atoms with E-state index < -0.39 is 9.84 Å². The molecule has 0 N–H and O–H groups in total. The van der Waals surface area contributed by atoms with E-state index in [0.717, 1.165) is 18.7 Å². The Balaban J connectivity index is 1.98. The molecule has 4 nitrogen and oxygen atoms in total. The highest BCUT2D eigenvalue weighted by Crippen LogP contribution is 2.32. The first kappa shape index (κ1) is 15.3. The van der Waals surface area contributed by atoms with Crippen LogP contribution in [-0.2, 0) is 9.84 Å². The summed E-state index contributed by atoms with van der Waals surface area (Å²) in [7, 11) is -1.22. The molecular weight excluding hydrogens is 274 g/mol. The Kier molecular flexibility index (Phi) is 4.70. The van der Waals surface area contributed by atoms with Crippen LogP contribution in [0.1, 0.15) is 24.8 Å². The van der Waals surface area contributed by atoms with Crippen molar-refractivity contribution in [3.05, 3.63) is 29.8 Å². The first-order valence-corrected chi connectivity index (χ1v) is 9.01. The van der Waals surface area contributed by atoms with E-state index in [-0.39, 0.29) is 5.75 Å². The maximum absolute atomic E-state index is 11.3. The van der Waals surface area contributed by atoms with Gasteiger partial charge in [-0.05, 0) is 37.0 Å². The van der Waals surface area contributed by atoms with Crippen LogP contribution < -0.4 is 4.74 Å². The Morgan fingerprint density at radius 1 is 1.30 bits per heavy atom. The van der Waals surface area contributed by atoms with Gasteiger partial charge in [0.05, 0.1) is 12.9 Å². The fourth-order valence-electron chi connectivity index (χ4n) is 2.81. The second-order valence-corrected chi connectivity index (χ2v) is 7.94. The number of rotatable bonds is 5. The Hall–Kier alpha value is -1.07. The van der Waals surface area contributed by atoms with Gasteiger partial charge >= 0.3 is 0 Å². The van der Waals surface area contributed by atoms with Crippen LogP contribution in [0.3, 0.4) is 0 Å². The number of benzene rings is 1. The zero-order chi connectivity index (χ0) is 14.8. The van der Waals surface area contributed by atoms with Crippen LogP contribution in [0.5, 0.6) is 5.75 Å². The number of hydrogen-bond acceptors (Lipinski definition) is 4. The van der Waals surface area contributed by atoms with Crippen LogP contribution in [0.15, 0.2) is 24.3 Å². The average Bonchev–Trinajstić information content (AvgIpc) is 2.77. The van der Waals surface area contributed by atoms with Crippen LogP contribution in [0.25, 0.3) is 0 Å². The quantitative estimate of drug-likeness (QED) is 0.833. The number of hydrogen-bond donors (Lipinski definition) is 0. The molecule has 112 valence electrons. The van der Waals surface area contributed by atoms with E-state index in [1.165, 1.54) is 11.8 Å². The average molecular weight is 297 g/mol. The van der Waals surface area contributed by atoms with E-state index in [9.17, 15) is 8.42 Å². The highest BCUT2D eigenvalue weighted by atomic mass is 32.2. The van der Waals surface area contributed by atoms with Crippen molar-refractivity contribution in [3.8, 4) is 5.75 Å². The lowest BCUT2D eigenvalue weighted by molar-refractivity contribution is 0.283. The summed E-state index contributed by atoms with van der Waals surface area (Å²) in [6.07, 6.45) is 2.38. The Bertz CT molecular complexity index is 539. The van der Waals surface area contributed by atoms with Gasteiger partial charge in [0.2, 0.25) is 0 Å². The smallest absolute Gasteiger partial charge is 0.148 e. The van der Waals surface area contributed by atoms with Gasteiger partial charge in [-0.1, -0.05) is 12.1 Å². The summed E-state index contributed by atoms with van der Waals surface area (Å²) in [4.78, 5) is 2.27. The maximum atomic E-state index is 11.3. The molecule has 1 saturated heterocycles. The summed E-state index contributed by atoms with van der Waals surface area (Å²) in [5.74, 6) is 1.59. The Morgan fingerprint density at radius 3 is 2.50 bits per heavy atom. The summed E-state index contributed by atoms with van der Waals surface area (Å²) in [5.41, 5.74) is 1.31. The third-order valence-electron chi connectivity index (χ3n) is 4.04. The topological polar surface area (TPSA) is 46.6 Å². The van der Waals surface area contributed by atoms with Crippen LogP contribution in [0.2, 0.25) is 0 Å². The van der Waals surface area contributed by atoms with Crippen molar-refractivity contribution < 1.29 is 13.2 Å². The molecular formula is C15H23NO3S. The lowest BCUT2D eigenvalue weighted by Gasteiger charge is -2.20. The number of ether oxygens (including phenoxy) is 1. The molecule has 1 fully saturated rings. The van der Waals surface area contributed by atoms with Gasteiger partial charge < -0.3 is 4.74 Å². The van der Waals surface area contributed by atoms with E-state index >= 15 is 0 Å². The molecule has 0 bridgehead atoms. The molecule has 1 heterocycles. The van der Waals surface area contributed by atoms with Crippen molar-refractivity contribution in [3.63, 3.8) is 0 Å². The van der Waals surface area contributed by atoms with E-state index in [2.05, 4.69) is 24.0 Å². The van der Waals surface area contributed by atoms with Crippen molar-refractivity contribution in [2.24, 2.45) is 0 Å². The molecule has 2 atom stereocenters. The van der Waals surface area contributed by atoms with Crippen LogP contribution >= 0.6 is 0 Å². The van der Waals surface area contributed by atoms with Crippen molar-refractivity contribution >= 4 is 9.84 Å². The van der Waals surface area contributed by atoms with Crippen LogP contribution in [-0.4, -0.2) is 51.6 Å².